The molecule has 1 aliphatic rings. The van der Waals surface area contributed by atoms with Crippen LogP contribution in [0.15, 0.2) is 54.7 Å². The van der Waals surface area contributed by atoms with E-state index in [4.69, 9.17) is 4.74 Å². The van der Waals surface area contributed by atoms with Crippen molar-refractivity contribution in [3.8, 4) is 23.3 Å². The van der Waals surface area contributed by atoms with E-state index in [-0.39, 0.29) is 23.8 Å². The lowest BCUT2D eigenvalue weighted by Crippen LogP contribution is -2.44. The summed E-state index contributed by atoms with van der Waals surface area (Å²) in [5.41, 5.74) is 2.19. The predicted octanol–water partition coefficient (Wildman–Crippen LogP) is 5.54. The number of benzene rings is 2. The van der Waals surface area contributed by atoms with Gasteiger partial charge >= 0.3 is 12.3 Å². The SMILES string of the molecule is COc1ccc2nccc(CCC[C@@H]3CCN(CC#Cc4ccccc4OC(F)(F)F)C[C@@H]3C(=O)O)c2c1. The fourth-order valence-corrected chi connectivity index (χ4v) is 4.95. The highest BCUT2D eigenvalue weighted by Crippen LogP contribution is 2.30. The number of aromatic nitrogens is 1. The minimum Gasteiger partial charge on any atom is -0.497 e. The van der Waals surface area contributed by atoms with Crippen LogP contribution in [0.5, 0.6) is 11.5 Å². The number of aliphatic carboxylic acids is 1. The van der Waals surface area contributed by atoms with Crippen LogP contribution >= 0.6 is 0 Å². The van der Waals surface area contributed by atoms with Gasteiger partial charge in [-0.25, -0.2) is 0 Å². The molecule has 4 rings (SSSR count). The second-order valence-corrected chi connectivity index (χ2v) is 9.32. The number of ether oxygens (including phenoxy) is 2. The monoisotopic (exact) mass is 526 g/mol. The highest BCUT2D eigenvalue weighted by molar-refractivity contribution is 5.83. The third kappa shape index (κ3) is 7.17. The van der Waals surface area contributed by atoms with Crippen molar-refractivity contribution in [3.63, 3.8) is 0 Å². The molecule has 2 atom stereocenters. The lowest BCUT2D eigenvalue weighted by atomic mass is 9.81. The molecule has 1 saturated heterocycles. The van der Waals surface area contributed by atoms with Gasteiger partial charge in [-0.3, -0.25) is 14.7 Å². The average Bonchev–Trinajstić information content (AvgIpc) is 2.89. The number of carboxylic acid groups (broad SMARTS) is 1. The first-order chi connectivity index (χ1) is 18.2. The number of likely N-dealkylation sites (tertiary alicyclic amines) is 1. The summed E-state index contributed by atoms with van der Waals surface area (Å²) in [7, 11) is 1.63. The van der Waals surface area contributed by atoms with E-state index < -0.39 is 18.2 Å². The molecule has 1 aromatic heterocycles. The molecule has 1 N–H and O–H groups in total. The average molecular weight is 527 g/mol. The molecule has 0 spiro atoms. The molecule has 0 amide bonds. The highest BCUT2D eigenvalue weighted by atomic mass is 19.4. The van der Waals surface area contributed by atoms with Crippen molar-refractivity contribution in [2.45, 2.75) is 32.0 Å². The Morgan fingerprint density at radius 1 is 1.21 bits per heavy atom. The van der Waals surface area contributed by atoms with Gasteiger partial charge in [-0.1, -0.05) is 24.0 Å². The number of pyridine rings is 1. The van der Waals surface area contributed by atoms with E-state index >= 15 is 0 Å². The number of hydrogen-bond acceptors (Lipinski definition) is 5. The van der Waals surface area contributed by atoms with Crippen molar-refractivity contribution in [1.29, 1.82) is 0 Å². The summed E-state index contributed by atoms with van der Waals surface area (Å²) in [6.45, 7) is 1.30. The predicted molar refractivity (Wildman–Crippen MR) is 137 cm³/mol. The Morgan fingerprint density at radius 3 is 2.79 bits per heavy atom. The molecule has 2 heterocycles. The summed E-state index contributed by atoms with van der Waals surface area (Å²) in [6, 6.07) is 13.5. The number of para-hydroxylation sites is 1. The maximum atomic E-state index is 12.6. The molecular formula is C29H29F3N2O4. The Labute approximate surface area is 219 Å². The molecule has 0 unspecified atom stereocenters. The second kappa shape index (κ2) is 12.2. The van der Waals surface area contributed by atoms with Gasteiger partial charge in [-0.2, -0.15) is 0 Å². The van der Waals surface area contributed by atoms with Crippen LogP contribution in [0.4, 0.5) is 13.2 Å². The van der Waals surface area contributed by atoms with E-state index in [1.165, 1.54) is 18.2 Å². The summed E-state index contributed by atoms with van der Waals surface area (Å²) in [4.78, 5) is 18.4. The maximum Gasteiger partial charge on any atom is 0.573 e. The lowest BCUT2D eigenvalue weighted by molar-refractivity contribution is -0.274. The summed E-state index contributed by atoms with van der Waals surface area (Å²) < 4.78 is 47.3. The summed E-state index contributed by atoms with van der Waals surface area (Å²) in [5, 5.41) is 10.9. The number of halogens is 3. The molecule has 0 bridgehead atoms. The Morgan fingerprint density at radius 2 is 2.03 bits per heavy atom. The molecule has 6 nitrogen and oxygen atoms in total. The number of hydrogen-bond donors (Lipinski definition) is 1. The standard InChI is InChI=1S/C29H29F3N2O4/c1-37-23-11-12-26-24(18-23)20(13-15-33-26)7-4-8-21-14-17-34(19-25(21)28(35)36)16-5-9-22-6-2-3-10-27(22)38-29(30,31)32/h2-3,6,10-13,15,18,21,25H,4,7-8,14,16-17,19H2,1H3,(H,35,36)/t21-,25+/m1/s1. The third-order valence-electron chi connectivity index (χ3n) is 6.86. The first-order valence-corrected chi connectivity index (χ1v) is 12.4. The zero-order valence-electron chi connectivity index (χ0n) is 21.0. The first-order valence-electron chi connectivity index (χ1n) is 12.4. The quantitative estimate of drug-likeness (QED) is 0.389. The van der Waals surface area contributed by atoms with Gasteiger partial charge in [0.05, 0.1) is 30.7 Å². The van der Waals surface area contributed by atoms with Crippen molar-refractivity contribution < 1.29 is 32.5 Å². The van der Waals surface area contributed by atoms with E-state index in [1.807, 2.05) is 29.2 Å². The number of carboxylic acids is 1. The minimum atomic E-state index is -4.80. The Kier molecular flexibility index (Phi) is 8.74. The van der Waals surface area contributed by atoms with Crippen LogP contribution in [0.1, 0.15) is 30.4 Å². The number of rotatable bonds is 8. The second-order valence-electron chi connectivity index (χ2n) is 9.32. The van der Waals surface area contributed by atoms with Gasteiger partial charge in [0, 0.05) is 18.1 Å². The van der Waals surface area contributed by atoms with E-state index in [0.29, 0.717) is 13.1 Å². The van der Waals surface area contributed by atoms with E-state index in [9.17, 15) is 23.1 Å². The topological polar surface area (TPSA) is 71.9 Å². The smallest absolute Gasteiger partial charge is 0.497 e. The first kappa shape index (κ1) is 27.3. The highest BCUT2D eigenvalue weighted by Gasteiger charge is 2.34. The number of aryl methyl sites for hydroxylation is 1. The molecule has 0 aliphatic carbocycles. The van der Waals surface area contributed by atoms with Gasteiger partial charge in [0.2, 0.25) is 0 Å². The third-order valence-corrected chi connectivity index (χ3v) is 6.86. The molecule has 2 aromatic carbocycles. The summed E-state index contributed by atoms with van der Waals surface area (Å²) >= 11 is 0. The van der Waals surface area contributed by atoms with Crippen LogP contribution in [0.3, 0.4) is 0 Å². The Bertz CT molecular complexity index is 1330. The number of alkyl halides is 3. The van der Waals surface area contributed by atoms with E-state index in [1.54, 1.807) is 19.4 Å². The van der Waals surface area contributed by atoms with E-state index in [0.717, 1.165) is 47.9 Å². The maximum absolute atomic E-state index is 12.6. The molecule has 1 fully saturated rings. The zero-order chi connectivity index (χ0) is 27.1. The van der Waals surface area contributed by atoms with Gasteiger partial charge in [-0.05, 0) is 80.1 Å². The molecule has 3 aromatic rings. The molecule has 0 radical (unpaired) electrons. The van der Waals surface area contributed by atoms with Gasteiger partial charge in [0.25, 0.3) is 0 Å². The van der Waals surface area contributed by atoms with Crippen LogP contribution in [0.2, 0.25) is 0 Å². The number of piperidine rings is 1. The lowest BCUT2D eigenvalue weighted by Gasteiger charge is -2.35. The number of methoxy groups -OCH3 is 1. The van der Waals surface area contributed by atoms with Gasteiger partial charge in [-0.15, -0.1) is 13.2 Å². The normalized spacial score (nSPS) is 18.0. The van der Waals surface area contributed by atoms with Crippen LogP contribution in [0, 0.1) is 23.7 Å². The number of fused-ring (bicyclic) bond motifs is 1. The van der Waals surface area contributed by atoms with Crippen molar-refractivity contribution in [2.24, 2.45) is 11.8 Å². The molecular weight excluding hydrogens is 497 g/mol. The fraction of sp³-hybridized carbons (Fsp3) is 0.379. The number of nitrogens with zero attached hydrogens (tertiary/aromatic N) is 2. The molecule has 38 heavy (non-hydrogen) atoms. The largest absolute Gasteiger partial charge is 0.573 e. The van der Waals surface area contributed by atoms with Crippen LogP contribution in [0.25, 0.3) is 10.9 Å². The van der Waals surface area contributed by atoms with Crippen molar-refractivity contribution in [1.82, 2.24) is 9.88 Å². The summed E-state index contributed by atoms with van der Waals surface area (Å²) in [6.07, 6.45) is 0.150. The molecule has 9 heteroatoms. The van der Waals surface area contributed by atoms with Crippen molar-refractivity contribution >= 4 is 16.9 Å². The van der Waals surface area contributed by atoms with Crippen LogP contribution < -0.4 is 9.47 Å². The summed E-state index contributed by atoms with van der Waals surface area (Å²) in [5.74, 6) is 4.71. The fourth-order valence-electron chi connectivity index (χ4n) is 4.95. The zero-order valence-corrected chi connectivity index (χ0v) is 21.0. The number of carbonyl (C=O) groups is 1. The Balaban J connectivity index is 1.34. The van der Waals surface area contributed by atoms with Crippen LogP contribution in [-0.2, 0) is 11.2 Å². The van der Waals surface area contributed by atoms with Crippen molar-refractivity contribution in [2.75, 3.05) is 26.7 Å². The molecule has 1 aliphatic heterocycles. The Hall–Kier alpha value is -3.77. The van der Waals surface area contributed by atoms with Crippen molar-refractivity contribution in [3.05, 3.63) is 65.9 Å². The van der Waals surface area contributed by atoms with Gasteiger partial charge in [0.15, 0.2) is 0 Å². The molecule has 200 valence electrons. The van der Waals surface area contributed by atoms with E-state index in [2.05, 4.69) is 21.6 Å². The van der Waals surface area contributed by atoms with Crippen LogP contribution in [-0.4, -0.2) is 54.1 Å². The van der Waals surface area contributed by atoms with Gasteiger partial charge in [0.1, 0.15) is 11.5 Å². The van der Waals surface area contributed by atoms with Gasteiger partial charge < -0.3 is 14.6 Å². The minimum absolute atomic E-state index is 0.0419. The molecule has 0 saturated carbocycles.